The first-order valence-corrected chi connectivity index (χ1v) is 5.51. The summed E-state index contributed by atoms with van der Waals surface area (Å²) in [6.45, 7) is 1.77. The zero-order valence-corrected chi connectivity index (χ0v) is 9.54. The first kappa shape index (κ1) is 12.8. The highest BCUT2D eigenvalue weighted by molar-refractivity contribution is 8.00. The Bertz CT molecular complexity index is 398. The second-order valence-electron chi connectivity index (χ2n) is 3.24. The van der Waals surface area contributed by atoms with E-state index in [-0.39, 0.29) is 17.7 Å². The number of amidine groups is 1. The SMILES string of the molecule is CC(CO)Sc1ccc(/C(N)=N/O)cc1F. The van der Waals surface area contributed by atoms with Crippen LogP contribution in [-0.2, 0) is 0 Å². The van der Waals surface area contributed by atoms with Crippen LogP contribution in [-0.4, -0.2) is 28.0 Å². The Morgan fingerprint density at radius 3 is 2.81 bits per heavy atom. The van der Waals surface area contributed by atoms with Crippen LogP contribution in [0.2, 0.25) is 0 Å². The van der Waals surface area contributed by atoms with Gasteiger partial charge in [0, 0.05) is 15.7 Å². The zero-order chi connectivity index (χ0) is 12.1. The minimum absolute atomic E-state index is 0.0217. The molecule has 6 heteroatoms. The molecule has 4 nitrogen and oxygen atoms in total. The number of aliphatic hydroxyl groups excluding tert-OH is 1. The third-order valence-corrected chi connectivity index (χ3v) is 3.06. The fraction of sp³-hybridized carbons (Fsp3) is 0.300. The third kappa shape index (κ3) is 3.11. The summed E-state index contributed by atoms with van der Waals surface area (Å²) in [6, 6.07) is 4.30. The summed E-state index contributed by atoms with van der Waals surface area (Å²) in [5.41, 5.74) is 5.65. The maximum absolute atomic E-state index is 13.5. The number of nitrogens with zero attached hydrogens (tertiary/aromatic N) is 1. The van der Waals surface area contributed by atoms with Gasteiger partial charge in [-0.2, -0.15) is 0 Å². The van der Waals surface area contributed by atoms with Crippen molar-refractivity contribution in [2.24, 2.45) is 10.9 Å². The van der Waals surface area contributed by atoms with Crippen molar-refractivity contribution in [1.82, 2.24) is 0 Å². The van der Waals surface area contributed by atoms with Gasteiger partial charge in [0.15, 0.2) is 5.84 Å². The Morgan fingerprint density at radius 1 is 1.62 bits per heavy atom. The molecule has 1 aromatic carbocycles. The van der Waals surface area contributed by atoms with Gasteiger partial charge in [0.25, 0.3) is 0 Å². The first-order valence-electron chi connectivity index (χ1n) is 4.63. The predicted octanol–water partition coefficient (Wildman–Crippen LogP) is 1.39. The second-order valence-corrected chi connectivity index (χ2v) is 4.72. The van der Waals surface area contributed by atoms with Crippen molar-refractivity contribution in [2.75, 3.05) is 6.61 Å². The lowest BCUT2D eigenvalue weighted by molar-refractivity contribution is 0.300. The number of halogens is 1. The monoisotopic (exact) mass is 244 g/mol. The molecule has 0 spiro atoms. The Kier molecular flexibility index (Phi) is 4.57. The van der Waals surface area contributed by atoms with Gasteiger partial charge >= 0.3 is 0 Å². The molecule has 0 fully saturated rings. The summed E-state index contributed by atoms with van der Waals surface area (Å²) in [5.74, 6) is -0.583. The molecule has 1 aromatic rings. The molecule has 0 amide bonds. The highest BCUT2D eigenvalue weighted by atomic mass is 32.2. The van der Waals surface area contributed by atoms with Crippen molar-refractivity contribution in [3.8, 4) is 0 Å². The largest absolute Gasteiger partial charge is 0.409 e. The number of aliphatic hydroxyl groups is 1. The fourth-order valence-corrected chi connectivity index (χ4v) is 1.89. The van der Waals surface area contributed by atoms with Crippen LogP contribution in [0.3, 0.4) is 0 Å². The van der Waals surface area contributed by atoms with E-state index in [0.717, 1.165) is 0 Å². The Labute approximate surface area is 97.0 Å². The topological polar surface area (TPSA) is 78.8 Å². The number of hydrogen-bond donors (Lipinski definition) is 3. The van der Waals surface area contributed by atoms with Crippen LogP contribution in [0.4, 0.5) is 4.39 Å². The van der Waals surface area contributed by atoms with Crippen LogP contribution in [0, 0.1) is 5.82 Å². The Morgan fingerprint density at radius 2 is 2.31 bits per heavy atom. The summed E-state index contributed by atoms with van der Waals surface area (Å²) >= 11 is 1.23. The number of benzene rings is 1. The lowest BCUT2D eigenvalue weighted by atomic mass is 10.2. The van der Waals surface area contributed by atoms with E-state index in [4.69, 9.17) is 16.0 Å². The number of nitrogens with two attached hydrogens (primary N) is 1. The fourth-order valence-electron chi connectivity index (χ4n) is 1.07. The average Bonchev–Trinajstić information content (AvgIpc) is 2.30. The van der Waals surface area contributed by atoms with E-state index in [1.165, 1.54) is 17.8 Å². The average molecular weight is 244 g/mol. The van der Waals surface area contributed by atoms with Gasteiger partial charge in [0.1, 0.15) is 5.82 Å². The van der Waals surface area contributed by atoms with E-state index in [1.54, 1.807) is 19.1 Å². The molecule has 88 valence electrons. The first-order chi connectivity index (χ1) is 7.58. The summed E-state index contributed by atoms with van der Waals surface area (Å²) in [7, 11) is 0. The molecule has 16 heavy (non-hydrogen) atoms. The summed E-state index contributed by atoms with van der Waals surface area (Å²) < 4.78 is 13.5. The van der Waals surface area contributed by atoms with Crippen LogP contribution < -0.4 is 5.73 Å². The van der Waals surface area contributed by atoms with Crippen LogP contribution in [0.5, 0.6) is 0 Å². The molecule has 1 rings (SSSR count). The molecule has 0 aromatic heterocycles. The highest BCUT2D eigenvalue weighted by Gasteiger charge is 2.10. The second kappa shape index (κ2) is 5.72. The van der Waals surface area contributed by atoms with Gasteiger partial charge in [0.2, 0.25) is 0 Å². The molecule has 4 N–H and O–H groups in total. The van der Waals surface area contributed by atoms with Gasteiger partial charge in [-0.25, -0.2) is 4.39 Å². The predicted molar refractivity (Wildman–Crippen MR) is 61.3 cm³/mol. The van der Waals surface area contributed by atoms with Crippen LogP contribution in [0.15, 0.2) is 28.3 Å². The highest BCUT2D eigenvalue weighted by Crippen LogP contribution is 2.26. The number of hydrogen-bond acceptors (Lipinski definition) is 4. The number of oxime groups is 1. The van der Waals surface area contributed by atoms with Gasteiger partial charge in [-0.15, -0.1) is 11.8 Å². The van der Waals surface area contributed by atoms with Crippen LogP contribution >= 0.6 is 11.8 Å². The van der Waals surface area contributed by atoms with Gasteiger partial charge in [-0.05, 0) is 18.2 Å². The Hall–Kier alpha value is -1.27. The molecule has 0 radical (unpaired) electrons. The van der Waals surface area contributed by atoms with E-state index in [0.29, 0.717) is 10.5 Å². The standard InChI is InChI=1S/C10H13FN2O2S/c1-6(5-14)16-9-3-2-7(4-8(9)11)10(12)13-15/h2-4,6,14-15H,5H2,1H3,(H2,12,13). The van der Waals surface area contributed by atoms with Crippen LogP contribution in [0.25, 0.3) is 0 Å². The lowest BCUT2D eigenvalue weighted by Gasteiger charge is -2.09. The van der Waals surface area contributed by atoms with E-state index in [2.05, 4.69) is 5.16 Å². The van der Waals surface area contributed by atoms with E-state index in [9.17, 15) is 4.39 Å². The molecule has 1 unspecified atom stereocenters. The molecule has 0 aliphatic rings. The van der Waals surface area contributed by atoms with Gasteiger partial charge < -0.3 is 16.0 Å². The van der Waals surface area contributed by atoms with E-state index < -0.39 is 5.82 Å². The van der Waals surface area contributed by atoms with Crippen molar-refractivity contribution in [1.29, 1.82) is 0 Å². The molecule has 0 aliphatic heterocycles. The normalized spacial score (nSPS) is 13.8. The smallest absolute Gasteiger partial charge is 0.170 e. The maximum Gasteiger partial charge on any atom is 0.170 e. The third-order valence-electron chi connectivity index (χ3n) is 1.92. The zero-order valence-electron chi connectivity index (χ0n) is 8.72. The number of rotatable bonds is 4. The molecular formula is C10H13FN2O2S. The van der Waals surface area contributed by atoms with Gasteiger partial charge in [-0.1, -0.05) is 12.1 Å². The van der Waals surface area contributed by atoms with Crippen LogP contribution in [0.1, 0.15) is 12.5 Å². The lowest BCUT2D eigenvalue weighted by Crippen LogP contribution is -2.13. The van der Waals surface area contributed by atoms with Crippen molar-refractivity contribution in [3.63, 3.8) is 0 Å². The molecule has 0 aliphatic carbocycles. The Balaban J connectivity index is 2.92. The molecule has 0 heterocycles. The van der Waals surface area contributed by atoms with Crippen molar-refractivity contribution in [3.05, 3.63) is 29.6 Å². The van der Waals surface area contributed by atoms with Crippen molar-refractivity contribution < 1.29 is 14.7 Å². The summed E-state index contributed by atoms with van der Waals surface area (Å²) in [4.78, 5) is 0.427. The minimum atomic E-state index is -0.450. The summed E-state index contributed by atoms with van der Waals surface area (Å²) in [6.07, 6.45) is 0. The molecule has 1 atom stereocenters. The van der Waals surface area contributed by atoms with Gasteiger partial charge in [-0.3, -0.25) is 0 Å². The van der Waals surface area contributed by atoms with Crippen molar-refractivity contribution in [2.45, 2.75) is 17.1 Å². The molecular weight excluding hydrogens is 231 g/mol. The van der Waals surface area contributed by atoms with Crippen molar-refractivity contribution >= 4 is 17.6 Å². The summed E-state index contributed by atoms with van der Waals surface area (Å²) in [5, 5.41) is 20.0. The molecule has 0 saturated carbocycles. The maximum atomic E-state index is 13.5. The van der Waals surface area contributed by atoms with Gasteiger partial charge in [0.05, 0.1) is 6.61 Å². The molecule has 0 saturated heterocycles. The minimum Gasteiger partial charge on any atom is -0.409 e. The number of thioether (sulfide) groups is 1. The van der Waals surface area contributed by atoms with E-state index >= 15 is 0 Å². The molecule has 0 bridgehead atoms. The quantitative estimate of drug-likeness (QED) is 0.246. The van der Waals surface area contributed by atoms with E-state index in [1.807, 2.05) is 0 Å².